The third kappa shape index (κ3) is 6.47. The van der Waals surface area contributed by atoms with E-state index in [0.717, 1.165) is 6.07 Å². The average Bonchev–Trinajstić information content (AvgIpc) is 2.71. The van der Waals surface area contributed by atoms with Crippen LogP contribution in [0.5, 0.6) is 5.75 Å². The monoisotopic (exact) mass is 421 g/mol. The van der Waals surface area contributed by atoms with Gasteiger partial charge in [0, 0.05) is 16.7 Å². The molecule has 0 aliphatic carbocycles. The van der Waals surface area contributed by atoms with Gasteiger partial charge in [0.15, 0.2) is 6.61 Å². The van der Waals surface area contributed by atoms with Gasteiger partial charge in [-0.15, -0.1) is 0 Å². The third-order valence-corrected chi connectivity index (χ3v) is 3.78. The Morgan fingerprint density at radius 2 is 1.83 bits per heavy atom. The molecule has 2 aromatic rings. The molecule has 0 aliphatic heterocycles. The molecule has 10 nitrogen and oxygen atoms in total. The predicted octanol–water partition coefficient (Wildman–Crippen LogP) is 2.17. The number of carbonyl (C=O) groups excluding carboxylic acids is 3. The standard InChI is InChI=1S/C18H16ClN3O7/c1-28-13-5-2-11(3-6-13)18(25)20-9-17(24)29-10-16(23)21-14-7-4-12(19)8-15(14)22(26)27/h2-8H,9-10H2,1H3,(H,20,25)(H,21,23). The van der Waals surface area contributed by atoms with Crippen molar-refractivity contribution in [2.45, 2.75) is 0 Å². The molecule has 0 fully saturated rings. The second kappa shape index (κ2) is 10.0. The van der Waals surface area contributed by atoms with Crippen LogP contribution in [-0.4, -0.2) is 43.0 Å². The number of halogens is 1. The Labute approximate surface area is 169 Å². The van der Waals surface area contributed by atoms with E-state index in [9.17, 15) is 24.5 Å². The van der Waals surface area contributed by atoms with E-state index in [1.165, 1.54) is 31.4 Å². The van der Waals surface area contributed by atoms with Gasteiger partial charge in [-0.3, -0.25) is 24.5 Å². The average molecular weight is 422 g/mol. The molecule has 0 aromatic heterocycles. The van der Waals surface area contributed by atoms with Crippen molar-refractivity contribution in [3.05, 3.63) is 63.2 Å². The lowest BCUT2D eigenvalue weighted by Crippen LogP contribution is -2.32. The van der Waals surface area contributed by atoms with Gasteiger partial charge in [0.05, 0.1) is 12.0 Å². The van der Waals surface area contributed by atoms with Crippen molar-refractivity contribution in [1.82, 2.24) is 5.32 Å². The van der Waals surface area contributed by atoms with Crippen molar-refractivity contribution in [1.29, 1.82) is 0 Å². The smallest absolute Gasteiger partial charge is 0.325 e. The summed E-state index contributed by atoms with van der Waals surface area (Å²) in [4.78, 5) is 45.8. The number of nitro benzene ring substituents is 1. The van der Waals surface area contributed by atoms with E-state index in [1.54, 1.807) is 12.1 Å². The minimum atomic E-state index is -0.854. The second-order valence-electron chi connectivity index (χ2n) is 5.54. The Balaban J connectivity index is 1.80. The lowest BCUT2D eigenvalue weighted by atomic mass is 10.2. The Morgan fingerprint density at radius 1 is 1.14 bits per heavy atom. The summed E-state index contributed by atoms with van der Waals surface area (Å²) in [6.45, 7) is -1.14. The van der Waals surface area contributed by atoms with Crippen molar-refractivity contribution in [3.8, 4) is 5.75 Å². The number of nitrogens with zero attached hydrogens (tertiary/aromatic N) is 1. The highest BCUT2D eigenvalue weighted by Gasteiger charge is 2.17. The number of nitrogens with one attached hydrogen (secondary N) is 2. The zero-order valence-electron chi connectivity index (χ0n) is 15.1. The molecule has 2 rings (SSSR count). The van der Waals surface area contributed by atoms with Gasteiger partial charge in [-0.25, -0.2) is 0 Å². The number of rotatable bonds is 8. The van der Waals surface area contributed by atoms with Crippen LogP contribution in [0.4, 0.5) is 11.4 Å². The summed E-state index contributed by atoms with van der Waals surface area (Å²) in [5.41, 5.74) is -0.177. The van der Waals surface area contributed by atoms with E-state index in [4.69, 9.17) is 21.1 Å². The first-order chi connectivity index (χ1) is 13.8. The molecule has 0 saturated carbocycles. The van der Waals surface area contributed by atoms with Crippen LogP contribution in [0.3, 0.4) is 0 Å². The second-order valence-corrected chi connectivity index (χ2v) is 5.98. The quantitative estimate of drug-likeness (QED) is 0.378. The molecule has 11 heteroatoms. The van der Waals surface area contributed by atoms with Crippen LogP contribution in [0, 0.1) is 10.1 Å². The van der Waals surface area contributed by atoms with E-state index < -0.39 is 41.5 Å². The molecule has 0 saturated heterocycles. The lowest BCUT2D eigenvalue weighted by molar-refractivity contribution is -0.383. The first-order valence-electron chi connectivity index (χ1n) is 8.12. The highest BCUT2D eigenvalue weighted by atomic mass is 35.5. The molecule has 0 radical (unpaired) electrons. The maximum atomic E-state index is 11.9. The van der Waals surface area contributed by atoms with Crippen LogP contribution in [-0.2, 0) is 14.3 Å². The van der Waals surface area contributed by atoms with E-state index in [0.29, 0.717) is 11.3 Å². The number of ether oxygens (including phenoxy) is 2. The zero-order chi connectivity index (χ0) is 21.4. The number of benzene rings is 2. The number of nitro groups is 1. The summed E-state index contributed by atoms with van der Waals surface area (Å²) in [6.07, 6.45) is 0. The zero-order valence-corrected chi connectivity index (χ0v) is 15.9. The Kier molecular flexibility index (Phi) is 7.49. The fourth-order valence-corrected chi connectivity index (χ4v) is 2.31. The SMILES string of the molecule is COc1ccc(C(=O)NCC(=O)OCC(=O)Nc2ccc(Cl)cc2[N+](=O)[O-])cc1. The molecule has 0 bridgehead atoms. The highest BCUT2D eigenvalue weighted by Crippen LogP contribution is 2.27. The molecule has 2 N–H and O–H groups in total. The predicted molar refractivity (Wildman–Crippen MR) is 103 cm³/mol. The molecule has 2 aromatic carbocycles. The number of carbonyl (C=O) groups is 3. The topological polar surface area (TPSA) is 137 Å². The molecule has 0 unspecified atom stereocenters. The van der Waals surface area contributed by atoms with E-state index in [-0.39, 0.29) is 10.7 Å². The molecule has 0 spiro atoms. The molecule has 2 amide bonds. The Morgan fingerprint density at radius 3 is 2.45 bits per heavy atom. The van der Waals surface area contributed by atoms with Crippen molar-refractivity contribution in [3.63, 3.8) is 0 Å². The van der Waals surface area contributed by atoms with Crippen LogP contribution >= 0.6 is 11.6 Å². The molecule has 0 heterocycles. The van der Waals surface area contributed by atoms with E-state index >= 15 is 0 Å². The van der Waals surface area contributed by atoms with Crippen LogP contribution in [0.25, 0.3) is 0 Å². The number of hydrogen-bond donors (Lipinski definition) is 2. The molecular formula is C18H16ClN3O7. The van der Waals surface area contributed by atoms with Gasteiger partial charge in [0.25, 0.3) is 17.5 Å². The lowest BCUT2D eigenvalue weighted by Gasteiger charge is -2.08. The van der Waals surface area contributed by atoms with Crippen LogP contribution in [0.2, 0.25) is 5.02 Å². The molecular weight excluding hydrogens is 406 g/mol. The number of methoxy groups -OCH3 is 1. The van der Waals surface area contributed by atoms with Crippen molar-refractivity contribution in [2.24, 2.45) is 0 Å². The molecule has 152 valence electrons. The van der Waals surface area contributed by atoms with Gasteiger partial charge in [0.2, 0.25) is 0 Å². The van der Waals surface area contributed by atoms with Gasteiger partial charge in [-0.05, 0) is 36.4 Å². The molecule has 0 aliphatic rings. The van der Waals surface area contributed by atoms with Gasteiger partial charge >= 0.3 is 5.97 Å². The highest BCUT2D eigenvalue weighted by molar-refractivity contribution is 6.31. The van der Waals surface area contributed by atoms with Crippen LogP contribution in [0.15, 0.2) is 42.5 Å². The number of amides is 2. The fraction of sp³-hybridized carbons (Fsp3) is 0.167. The van der Waals surface area contributed by atoms with E-state index in [2.05, 4.69) is 10.6 Å². The summed E-state index contributed by atoms with van der Waals surface area (Å²) in [5, 5.41) is 15.7. The van der Waals surface area contributed by atoms with Crippen molar-refractivity contribution < 1.29 is 28.8 Å². The fourth-order valence-electron chi connectivity index (χ4n) is 2.14. The van der Waals surface area contributed by atoms with Crippen molar-refractivity contribution >= 4 is 40.8 Å². The largest absolute Gasteiger partial charge is 0.497 e. The number of esters is 1. The summed E-state index contributed by atoms with van der Waals surface area (Å²) in [6, 6.07) is 9.93. The molecule has 0 atom stereocenters. The summed E-state index contributed by atoms with van der Waals surface area (Å²) >= 11 is 5.69. The minimum absolute atomic E-state index is 0.0896. The van der Waals surface area contributed by atoms with Gasteiger partial charge in [-0.1, -0.05) is 11.6 Å². The Bertz CT molecular complexity index is 932. The van der Waals surface area contributed by atoms with Gasteiger partial charge in [-0.2, -0.15) is 0 Å². The third-order valence-electron chi connectivity index (χ3n) is 3.54. The van der Waals surface area contributed by atoms with Gasteiger partial charge < -0.3 is 20.1 Å². The van der Waals surface area contributed by atoms with E-state index in [1.807, 2.05) is 0 Å². The van der Waals surface area contributed by atoms with Gasteiger partial charge in [0.1, 0.15) is 18.0 Å². The first kappa shape index (κ1) is 21.6. The van der Waals surface area contributed by atoms with Crippen LogP contribution < -0.4 is 15.4 Å². The minimum Gasteiger partial charge on any atom is -0.497 e. The Hall–Kier alpha value is -3.66. The summed E-state index contributed by atoms with van der Waals surface area (Å²) in [7, 11) is 1.49. The first-order valence-corrected chi connectivity index (χ1v) is 8.49. The molecule has 29 heavy (non-hydrogen) atoms. The van der Waals surface area contributed by atoms with Crippen LogP contribution in [0.1, 0.15) is 10.4 Å². The number of hydrogen-bond acceptors (Lipinski definition) is 7. The van der Waals surface area contributed by atoms with Crippen molar-refractivity contribution in [2.75, 3.05) is 25.6 Å². The number of anilines is 1. The maximum absolute atomic E-state index is 11.9. The summed E-state index contributed by atoms with van der Waals surface area (Å²) < 4.78 is 9.72. The summed E-state index contributed by atoms with van der Waals surface area (Å²) in [5.74, 6) is -1.57. The normalized spacial score (nSPS) is 10.0. The maximum Gasteiger partial charge on any atom is 0.325 e.